The highest BCUT2D eigenvalue weighted by Gasteiger charge is 2.34. The fraction of sp³-hybridized carbons (Fsp3) is 0.529. The van der Waals surface area contributed by atoms with Gasteiger partial charge in [0.25, 0.3) is 0 Å². The maximum atomic E-state index is 5.49. The van der Waals surface area contributed by atoms with Crippen molar-refractivity contribution >= 4 is 0 Å². The molecule has 1 heterocycles. The second-order valence-electron chi connectivity index (χ2n) is 6.21. The van der Waals surface area contributed by atoms with Crippen LogP contribution in [0.2, 0.25) is 0 Å². The molecule has 1 aromatic heterocycles. The number of nitrogens with one attached hydrogen (secondary N) is 1. The molecule has 0 spiro atoms. The average Bonchev–Trinajstić information content (AvgIpc) is 3.22. The number of rotatable bonds is 6. The van der Waals surface area contributed by atoms with Gasteiger partial charge in [-0.05, 0) is 42.9 Å². The molecule has 1 aromatic carbocycles. The van der Waals surface area contributed by atoms with Crippen molar-refractivity contribution in [1.29, 1.82) is 0 Å². The largest absolute Gasteiger partial charge is 0.339 e. The molecule has 0 bridgehead atoms. The van der Waals surface area contributed by atoms with Crippen LogP contribution in [0.25, 0.3) is 0 Å². The van der Waals surface area contributed by atoms with Crippen LogP contribution in [0.5, 0.6) is 0 Å². The highest BCUT2D eigenvalue weighted by molar-refractivity contribution is 5.43. The van der Waals surface area contributed by atoms with E-state index >= 15 is 0 Å². The van der Waals surface area contributed by atoms with E-state index in [0.29, 0.717) is 12.0 Å². The molecule has 0 saturated heterocycles. The van der Waals surface area contributed by atoms with Gasteiger partial charge in [-0.3, -0.25) is 0 Å². The van der Waals surface area contributed by atoms with Crippen molar-refractivity contribution in [3.63, 3.8) is 0 Å². The SMILES string of the molecule is CCNC(Cc1nc(C2Cc3ccccc32)no1)C1CC1. The number of fused-ring (bicyclic) bond motifs is 1. The Hall–Kier alpha value is -1.68. The van der Waals surface area contributed by atoms with Crippen molar-refractivity contribution in [3.8, 4) is 0 Å². The van der Waals surface area contributed by atoms with Gasteiger partial charge in [0, 0.05) is 12.5 Å². The van der Waals surface area contributed by atoms with E-state index in [9.17, 15) is 0 Å². The molecule has 1 fully saturated rings. The molecule has 0 aliphatic heterocycles. The lowest BCUT2D eigenvalue weighted by Crippen LogP contribution is -2.33. The standard InChI is InChI=1S/C17H21N3O/c1-2-18-15(11-7-8-11)10-16-19-17(20-21-16)14-9-12-5-3-4-6-13(12)14/h3-6,11,14-15,18H,2,7-10H2,1H3. The van der Waals surface area contributed by atoms with Gasteiger partial charge < -0.3 is 9.84 Å². The molecule has 2 unspecified atom stereocenters. The van der Waals surface area contributed by atoms with E-state index in [2.05, 4.69) is 46.6 Å². The smallest absolute Gasteiger partial charge is 0.228 e. The zero-order chi connectivity index (χ0) is 14.2. The summed E-state index contributed by atoms with van der Waals surface area (Å²) in [6.07, 6.45) is 4.55. The first kappa shape index (κ1) is 13.0. The zero-order valence-corrected chi connectivity index (χ0v) is 12.4. The number of benzene rings is 1. The molecule has 2 aromatic rings. The first-order valence-electron chi connectivity index (χ1n) is 7.98. The van der Waals surface area contributed by atoms with Gasteiger partial charge in [-0.1, -0.05) is 36.3 Å². The van der Waals surface area contributed by atoms with Crippen LogP contribution in [0.15, 0.2) is 28.8 Å². The van der Waals surface area contributed by atoms with Crippen molar-refractivity contribution in [2.45, 2.75) is 44.6 Å². The van der Waals surface area contributed by atoms with E-state index in [1.165, 1.54) is 24.0 Å². The van der Waals surface area contributed by atoms with E-state index in [1.807, 2.05) is 0 Å². The molecule has 4 rings (SSSR count). The summed E-state index contributed by atoms with van der Waals surface area (Å²) in [7, 11) is 0. The Balaban J connectivity index is 1.47. The Labute approximate surface area is 124 Å². The molecule has 2 aliphatic carbocycles. The van der Waals surface area contributed by atoms with E-state index in [0.717, 1.165) is 37.0 Å². The third-order valence-corrected chi connectivity index (χ3v) is 4.70. The molecule has 4 heteroatoms. The Morgan fingerprint density at radius 3 is 2.95 bits per heavy atom. The summed E-state index contributed by atoms with van der Waals surface area (Å²) in [5.41, 5.74) is 2.77. The van der Waals surface area contributed by atoms with Crippen LogP contribution in [-0.4, -0.2) is 22.7 Å². The predicted molar refractivity (Wildman–Crippen MR) is 80.2 cm³/mol. The van der Waals surface area contributed by atoms with Crippen molar-refractivity contribution in [1.82, 2.24) is 15.5 Å². The molecular formula is C17H21N3O. The Morgan fingerprint density at radius 2 is 2.19 bits per heavy atom. The summed E-state index contributed by atoms with van der Waals surface area (Å²) < 4.78 is 5.49. The van der Waals surface area contributed by atoms with Gasteiger partial charge in [0.1, 0.15) is 0 Å². The van der Waals surface area contributed by atoms with Crippen LogP contribution in [0.1, 0.15) is 48.5 Å². The number of likely N-dealkylation sites (N-methyl/N-ethyl adjacent to an activating group) is 1. The minimum Gasteiger partial charge on any atom is -0.339 e. The summed E-state index contributed by atoms with van der Waals surface area (Å²) >= 11 is 0. The summed E-state index contributed by atoms with van der Waals surface area (Å²) in [4.78, 5) is 4.65. The van der Waals surface area contributed by atoms with Crippen LogP contribution in [-0.2, 0) is 12.8 Å². The van der Waals surface area contributed by atoms with Gasteiger partial charge in [0.05, 0.1) is 5.92 Å². The van der Waals surface area contributed by atoms with Gasteiger partial charge >= 0.3 is 0 Å². The number of hydrogen-bond acceptors (Lipinski definition) is 4. The fourth-order valence-electron chi connectivity index (χ4n) is 3.34. The van der Waals surface area contributed by atoms with Gasteiger partial charge in [-0.25, -0.2) is 0 Å². The summed E-state index contributed by atoms with van der Waals surface area (Å²) in [5, 5.41) is 7.76. The zero-order valence-electron chi connectivity index (χ0n) is 12.4. The molecular weight excluding hydrogens is 262 g/mol. The Morgan fingerprint density at radius 1 is 1.33 bits per heavy atom. The lowest BCUT2D eigenvalue weighted by Gasteiger charge is -2.27. The minimum absolute atomic E-state index is 0.331. The highest BCUT2D eigenvalue weighted by Crippen LogP contribution is 2.39. The van der Waals surface area contributed by atoms with Gasteiger partial charge in [-0.15, -0.1) is 0 Å². The monoisotopic (exact) mass is 283 g/mol. The molecule has 4 nitrogen and oxygen atoms in total. The fourth-order valence-corrected chi connectivity index (χ4v) is 3.34. The second kappa shape index (κ2) is 5.26. The average molecular weight is 283 g/mol. The van der Waals surface area contributed by atoms with E-state index < -0.39 is 0 Å². The molecule has 21 heavy (non-hydrogen) atoms. The van der Waals surface area contributed by atoms with Crippen LogP contribution >= 0.6 is 0 Å². The maximum absolute atomic E-state index is 5.49. The molecule has 1 N–H and O–H groups in total. The third-order valence-electron chi connectivity index (χ3n) is 4.70. The van der Waals surface area contributed by atoms with Gasteiger partial charge in [-0.2, -0.15) is 4.98 Å². The molecule has 2 atom stereocenters. The van der Waals surface area contributed by atoms with Gasteiger partial charge in [0.2, 0.25) is 5.89 Å². The van der Waals surface area contributed by atoms with E-state index in [4.69, 9.17) is 4.52 Å². The highest BCUT2D eigenvalue weighted by atomic mass is 16.5. The van der Waals surface area contributed by atoms with Crippen molar-refractivity contribution in [3.05, 3.63) is 47.1 Å². The summed E-state index contributed by atoms with van der Waals surface area (Å²) in [5.74, 6) is 2.77. The lowest BCUT2D eigenvalue weighted by molar-refractivity contribution is 0.343. The van der Waals surface area contributed by atoms with Crippen LogP contribution in [0.4, 0.5) is 0 Å². The second-order valence-corrected chi connectivity index (χ2v) is 6.21. The van der Waals surface area contributed by atoms with Crippen LogP contribution in [0.3, 0.4) is 0 Å². The molecule has 110 valence electrons. The van der Waals surface area contributed by atoms with E-state index in [1.54, 1.807) is 0 Å². The predicted octanol–water partition coefficient (Wildman–Crippen LogP) is 2.69. The van der Waals surface area contributed by atoms with E-state index in [-0.39, 0.29) is 0 Å². The summed E-state index contributed by atoms with van der Waals surface area (Å²) in [6, 6.07) is 9.02. The van der Waals surface area contributed by atoms with Crippen LogP contribution < -0.4 is 5.32 Å². The summed E-state index contributed by atoms with van der Waals surface area (Å²) in [6.45, 7) is 3.15. The number of nitrogens with zero attached hydrogens (tertiary/aromatic N) is 2. The maximum Gasteiger partial charge on any atom is 0.228 e. The first-order chi connectivity index (χ1) is 10.3. The topological polar surface area (TPSA) is 51.0 Å². The normalized spacial score (nSPS) is 21.7. The Kier molecular flexibility index (Phi) is 3.26. The third kappa shape index (κ3) is 2.48. The minimum atomic E-state index is 0.331. The van der Waals surface area contributed by atoms with Crippen LogP contribution in [0, 0.1) is 5.92 Å². The van der Waals surface area contributed by atoms with Crippen molar-refractivity contribution in [2.75, 3.05) is 6.54 Å². The molecule has 2 aliphatic rings. The van der Waals surface area contributed by atoms with Gasteiger partial charge in [0.15, 0.2) is 5.82 Å². The van der Waals surface area contributed by atoms with Crippen molar-refractivity contribution < 1.29 is 4.52 Å². The number of aromatic nitrogens is 2. The Bertz CT molecular complexity index is 632. The quantitative estimate of drug-likeness (QED) is 0.885. The molecule has 0 amide bonds. The molecule has 1 saturated carbocycles. The van der Waals surface area contributed by atoms with Crippen molar-refractivity contribution in [2.24, 2.45) is 5.92 Å². The molecule has 0 radical (unpaired) electrons. The first-order valence-corrected chi connectivity index (χ1v) is 7.98. The number of hydrogen-bond donors (Lipinski definition) is 1. The lowest BCUT2D eigenvalue weighted by atomic mass is 9.77.